The van der Waals surface area contributed by atoms with Gasteiger partial charge in [0.25, 0.3) is 0 Å². The van der Waals surface area contributed by atoms with Crippen molar-refractivity contribution in [2.24, 2.45) is 7.05 Å². The standard InChI is InChI=1S/C13H15BrClN3/c1-3-4-11-17-12(13(16)18(11)2)8-5-6-9(14)10(15)7-8/h5-7H,3-4,16H2,1-2H3. The van der Waals surface area contributed by atoms with E-state index in [1.165, 1.54) is 0 Å². The fourth-order valence-electron chi connectivity index (χ4n) is 1.86. The van der Waals surface area contributed by atoms with Crippen LogP contribution in [0.5, 0.6) is 0 Å². The molecular weight excluding hydrogens is 314 g/mol. The fourth-order valence-corrected chi connectivity index (χ4v) is 2.29. The van der Waals surface area contributed by atoms with Gasteiger partial charge in [0.1, 0.15) is 17.3 Å². The lowest BCUT2D eigenvalue weighted by molar-refractivity contribution is 0.764. The van der Waals surface area contributed by atoms with E-state index in [0.717, 1.165) is 34.4 Å². The highest BCUT2D eigenvalue weighted by atomic mass is 79.9. The Labute approximate surface area is 120 Å². The Balaban J connectivity index is 2.50. The number of halogens is 2. The first kappa shape index (κ1) is 13.4. The summed E-state index contributed by atoms with van der Waals surface area (Å²) in [6.45, 7) is 2.13. The van der Waals surface area contributed by atoms with Gasteiger partial charge in [-0.3, -0.25) is 0 Å². The molecule has 0 spiro atoms. The molecule has 0 amide bonds. The average Bonchev–Trinajstić information content (AvgIpc) is 2.62. The quantitative estimate of drug-likeness (QED) is 0.924. The monoisotopic (exact) mass is 327 g/mol. The third-order valence-electron chi connectivity index (χ3n) is 2.90. The molecule has 0 unspecified atom stereocenters. The van der Waals surface area contributed by atoms with Gasteiger partial charge >= 0.3 is 0 Å². The van der Waals surface area contributed by atoms with Crippen molar-refractivity contribution in [2.75, 3.05) is 5.73 Å². The van der Waals surface area contributed by atoms with Gasteiger partial charge in [0.2, 0.25) is 0 Å². The Morgan fingerprint density at radius 2 is 2.17 bits per heavy atom. The number of hydrogen-bond donors (Lipinski definition) is 1. The highest BCUT2D eigenvalue weighted by Gasteiger charge is 2.13. The molecule has 0 fully saturated rings. The maximum absolute atomic E-state index is 6.10. The second-order valence-corrected chi connectivity index (χ2v) is 5.46. The number of nitrogen functional groups attached to an aromatic ring is 1. The summed E-state index contributed by atoms with van der Waals surface area (Å²) in [6.07, 6.45) is 1.97. The fraction of sp³-hybridized carbons (Fsp3) is 0.308. The van der Waals surface area contributed by atoms with Gasteiger partial charge in [0, 0.05) is 23.5 Å². The Kier molecular flexibility index (Phi) is 3.97. The molecule has 2 aromatic rings. The van der Waals surface area contributed by atoms with Crippen LogP contribution in [0.4, 0.5) is 5.82 Å². The van der Waals surface area contributed by atoms with E-state index in [1.54, 1.807) is 0 Å². The van der Waals surface area contributed by atoms with Crippen LogP contribution in [-0.4, -0.2) is 9.55 Å². The molecule has 5 heteroatoms. The molecule has 0 radical (unpaired) electrons. The van der Waals surface area contributed by atoms with Crippen molar-refractivity contribution in [3.8, 4) is 11.3 Å². The minimum atomic E-state index is 0.662. The minimum absolute atomic E-state index is 0.662. The predicted octanol–water partition coefficient (Wildman–Crippen LogP) is 4.04. The molecule has 0 aliphatic heterocycles. The lowest BCUT2D eigenvalue weighted by Crippen LogP contribution is -2.01. The van der Waals surface area contributed by atoms with Gasteiger partial charge in [-0.1, -0.05) is 24.6 Å². The molecule has 0 aliphatic rings. The summed E-state index contributed by atoms with van der Waals surface area (Å²) < 4.78 is 2.81. The second-order valence-electron chi connectivity index (χ2n) is 4.20. The lowest BCUT2D eigenvalue weighted by Gasteiger charge is -2.02. The van der Waals surface area contributed by atoms with Gasteiger partial charge in [0.05, 0.1) is 5.02 Å². The summed E-state index contributed by atoms with van der Waals surface area (Å²) in [5.74, 6) is 1.68. The van der Waals surface area contributed by atoms with Crippen LogP contribution in [0, 0.1) is 0 Å². The number of benzene rings is 1. The topological polar surface area (TPSA) is 43.8 Å². The van der Waals surface area contributed by atoms with Crippen LogP contribution in [0.15, 0.2) is 22.7 Å². The van der Waals surface area contributed by atoms with Gasteiger partial charge < -0.3 is 10.3 Å². The first-order valence-corrected chi connectivity index (χ1v) is 6.98. The molecule has 0 aliphatic carbocycles. The number of rotatable bonds is 3. The molecule has 0 saturated heterocycles. The van der Waals surface area contributed by atoms with E-state index in [1.807, 2.05) is 29.8 Å². The predicted molar refractivity (Wildman–Crippen MR) is 79.8 cm³/mol. The van der Waals surface area contributed by atoms with Crippen molar-refractivity contribution in [3.63, 3.8) is 0 Å². The first-order valence-electron chi connectivity index (χ1n) is 5.81. The highest BCUT2D eigenvalue weighted by Crippen LogP contribution is 2.31. The number of nitrogens with zero attached hydrogens (tertiary/aromatic N) is 2. The molecule has 3 nitrogen and oxygen atoms in total. The molecule has 2 N–H and O–H groups in total. The summed E-state index contributed by atoms with van der Waals surface area (Å²) in [5.41, 5.74) is 7.84. The number of aromatic nitrogens is 2. The second kappa shape index (κ2) is 5.33. The van der Waals surface area contributed by atoms with Crippen LogP contribution < -0.4 is 5.73 Å². The summed E-state index contributed by atoms with van der Waals surface area (Å²) in [7, 11) is 1.94. The molecule has 1 aromatic carbocycles. The number of hydrogen-bond acceptors (Lipinski definition) is 2. The van der Waals surface area contributed by atoms with E-state index in [0.29, 0.717) is 10.8 Å². The van der Waals surface area contributed by atoms with Crippen LogP contribution in [-0.2, 0) is 13.5 Å². The zero-order valence-corrected chi connectivity index (χ0v) is 12.7. The molecule has 18 heavy (non-hydrogen) atoms. The summed E-state index contributed by atoms with van der Waals surface area (Å²) in [4.78, 5) is 4.60. The summed E-state index contributed by atoms with van der Waals surface area (Å²) >= 11 is 9.48. The van der Waals surface area contributed by atoms with E-state index in [4.69, 9.17) is 17.3 Å². The van der Waals surface area contributed by atoms with Crippen LogP contribution in [0.2, 0.25) is 5.02 Å². The zero-order valence-electron chi connectivity index (χ0n) is 10.4. The molecule has 0 atom stereocenters. The third-order valence-corrected chi connectivity index (χ3v) is 4.13. The van der Waals surface area contributed by atoms with Crippen LogP contribution in [0.1, 0.15) is 19.2 Å². The van der Waals surface area contributed by atoms with Crippen molar-refractivity contribution in [3.05, 3.63) is 33.5 Å². The molecule has 1 aromatic heterocycles. The Hall–Kier alpha value is -1.00. The summed E-state index contributed by atoms with van der Waals surface area (Å²) in [5, 5.41) is 0.662. The van der Waals surface area contributed by atoms with Gasteiger partial charge in [-0.2, -0.15) is 0 Å². The van der Waals surface area contributed by atoms with E-state index >= 15 is 0 Å². The molecule has 2 rings (SSSR count). The van der Waals surface area contributed by atoms with Gasteiger partial charge in [-0.15, -0.1) is 0 Å². The molecule has 0 bridgehead atoms. The molecule has 96 valence electrons. The number of anilines is 1. The number of nitrogens with two attached hydrogens (primary N) is 1. The van der Waals surface area contributed by atoms with E-state index in [2.05, 4.69) is 27.8 Å². The van der Waals surface area contributed by atoms with Crippen molar-refractivity contribution < 1.29 is 0 Å². The van der Waals surface area contributed by atoms with E-state index < -0.39 is 0 Å². The molecular formula is C13H15BrClN3. The van der Waals surface area contributed by atoms with Gasteiger partial charge in [-0.05, 0) is 34.5 Å². The number of aryl methyl sites for hydroxylation is 1. The van der Waals surface area contributed by atoms with Crippen LogP contribution >= 0.6 is 27.5 Å². The van der Waals surface area contributed by atoms with Gasteiger partial charge in [-0.25, -0.2) is 4.98 Å². The number of imidazole rings is 1. The smallest absolute Gasteiger partial charge is 0.131 e. The maximum Gasteiger partial charge on any atom is 0.131 e. The average molecular weight is 329 g/mol. The Morgan fingerprint density at radius 3 is 2.78 bits per heavy atom. The largest absolute Gasteiger partial charge is 0.383 e. The van der Waals surface area contributed by atoms with Crippen molar-refractivity contribution >= 4 is 33.3 Å². The van der Waals surface area contributed by atoms with Gasteiger partial charge in [0.15, 0.2) is 0 Å². The zero-order chi connectivity index (χ0) is 13.3. The minimum Gasteiger partial charge on any atom is -0.383 e. The van der Waals surface area contributed by atoms with Crippen molar-refractivity contribution in [1.29, 1.82) is 0 Å². The molecule has 0 saturated carbocycles. The maximum atomic E-state index is 6.10. The lowest BCUT2D eigenvalue weighted by atomic mass is 10.1. The van der Waals surface area contributed by atoms with Crippen molar-refractivity contribution in [1.82, 2.24) is 9.55 Å². The van der Waals surface area contributed by atoms with Crippen molar-refractivity contribution in [2.45, 2.75) is 19.8 Å². The van der Waals surface area contributed by atoms with Crippen LogP contribution in [0.25, 0.3) is 11.3 Å². The SMILES string of the molecule is CCCc1nc(-c2ccc(Br)c(Cl)c2)c(N)n1C. The Morgan fingerprint density at radius 1 is 1.44 bits per heavy atom. The van der Waals surface area contributed by atoms with E-state index in [-0.39, 0.29) is 0 Å². The molecule has 1 heterocycles. The third kappa shape index (κ3) is 2.40. The van der Waals surface area contributed by atoms with E-state index in [9.17, 15) is 0 Å². The summed E-state index contributed by atoms with van der Waals surface area (Å²) in [6, 6.07) is 5.75. The normalized spacial score (nSPS) is 10.9. The van der Waals surface area contributed by atoms with Crippen LogP contribution in [0.3, 0.4) is 0 Å². The highest BCUT2D eigenvalue weighted by molar-refractivity contribution is 9.10. The first-order chi connectivity index (χ1) is 8.54. The Bertz CT molecular complexity index is 578.